The zero-order valence-corrected chi connectivity index (χ0v) is 12.6. The van der Waals surface area contributed by atoms with Crippen molar-refractivity contribution < 1.29 is 9.32 Å². The molecule has 0 aliphatic rings. The van der Waals surface area contributed by atoms with E-state index in [0.717, 1.165) is 5.01 Å². The van der Waals surface area contributed by atoms with Crippen molar-refractivity contribution in [1.29, 1.82) is 0 Å². The van der Waals surface area contributed by atoms with Gasteiger partial charge in [0.15, 0.2) is 5.82 Å². The maximum atomic E-state index is 10.8. The van der Waals surface area contributed by atoms with Crippen molar-refractivity contribution >= 4 is 17.4 Å². The molecule has 0 fully saturated rings. The molecule has 2 aromatic rings. The minimum atomic E-state index is -0.632. The van der Waals surface area contributed by atoms with Gasteiger partial charge in [-0.05, 0) is 6.92 Å². The van der Waals surface area contributed by atoms with Crippen LogP contribution in [0.2, 0.25) is 0 Å². The summed E-state index contributed by atoms with van der Waals surface area (Å²) >= 11 is 1.55. The predicted molar refractivity (Wildman–Crippen MR) is 75.2 cm³/mol. The van der Waals surface area contributed by atoms with Crippen molar-refractivity contribution in [2.24, 2.45) is 5.73 Å². The Hall–Kier alpha value is -1.96. The van der Waals surface area contributed by atoms with E-state index in [9.17, 15) is 4.79 Å². The summed E-state index contributed by atoms with van der Waals surface area (Å²) in [6, 6.07) is -1.04. The summed E-state index contributed by atoms with van der Waals surface area (Å²) in [4.78, 5) is 19.5. The lowest BCUT2D eigenvalue weighted by atomic mass is 9.98. The van der Waals surface area contributed by atoms with Crippen molar-refractivity contribution in [1.82, 2.24) is 20.4 Å². The largest absolute Gasteiger partial charge is 0.352 e. The number of nitrogens with two attached hydrogens (primary N) is 1. The van der Waals surface area contributed by atoms with E-state index in [4.69, 9.17) is 10.3 Å². The molecule has 0 bridgehead atoms. The van der Waals surface area contributed by atoms with E-state index in [1.807, 2.05) is 5.38 Å². The number of rotatable bonds is 3. The quantitative estimate of drug-likeness (QED) is 0.902. The summed E-state index contributed by atoms with van der Waals surface area (Å²) in [5.74, 6) is 0.703. The zero-order chi connectivity index (χ0) is 14.9. The molecule has 0 saturated carbocycles. The molecule has 2 heterocycles. The van der Waals surface area contributed by atoms with Crippen LogP contribution in [0.15, 0.2) is 9.90 Å². The normalized spacial score (nSPS) is 13.2. The third-order valence-electron chi connectivity index (χ3n) is 2.55. The molecule has 0 aromatic carbocycles. The van der Waals surface area contributed by atoms with Gasteiger partial charge in [0.2, 0.25) is 0 Å². The maximum absolute atomic E-state index is 10.8. The lowest BCUT2D eigenvalue weighted by Crippen LogP contribution is -2.32. The SMILES string of the molecule is CC(NC(N)=O)c1noc(-c2csc(C(C)(C)C)n2)n1. The van der Waals surface area contributed by atoms with Gasteiger partial charge in [0.1, 0.15) is 5.69 Å². The predicted octanol–water partition coefficient (Wildman–Crippen LogP) is 2.22. The summed E-state index contributed by atoms with van der Waals surface area (Å²) in [5.41, 5.74) is 5.68. The van der Waals surface area contributed by atoms with Crippen LogP contribution in [0.3, 0.4) is 0 Å². The Morgan fingerprint density at radius 1 is 1.45 bits per heavy atom. The summed E-state index contributed by atoms with van der Waals surface area (Å²) in [5, 5.41) is 9.19. The van der Waals surface area contributed by atoms with Crippen molar-refractivity contribution in [2.45, 2.75) is 39.2 Å². The molecule has 0 aliphatic carbocycles. The van der Waals surface area contributed by atoms with Crippen LogP contribution in [-0.2, 0) is 5.41 Å². The van der Waals surface area contributed by atoms with E-state index in [1.165, 1.54) is 0 Å². The second-order valence-electron chi connectivity index (χ2n) is 5.48. The van der Waals surface area contributed by atoms with Gasteiger partial charge in [-0.2, -0.15) is 4.98 Å². The Morgan fingerprint density at radius 2 is 2.15 bits per heavy atom. The van der Waals surface area contributed by atoms with E-state index in [2.05, 4.69) is 41.2 Å². The lowest BCUT2D eigenvalue weighted by molar-refractivity contribution is 0.245. The Labute approximate surface area is 120 Å². The number of nitrogens with zero attached hydrogens (tertiary/aromatic N) is 3. The molecule has 0 saturated heterocycles. The van der Waals surface area contributed by atoms with Gasteiger partial charge < -0.3 is 15.6 Å². The van der Waals surface area contributed by atoms with Gasteiger partial charge in [-0.15, -0.1) is 11.3 Å². The van der Waals surface area contributed by atoms with Crippen LogP contribution >= 0.6 is 11.3 Å². The molecular formula is C12H17N5O2S. The van der Waals surface area contributed by atoms with Crippen LogP contribution in [0.4, 0.5) is 4.79 Å². The summed E-state index contributed by atoms with van der Waals surface area (Å²) < 4.78 is 5.17. The first-order valence-corrected chi connectivity index (χ1v) is 7.01. The molecule has 1 atom stereocenters. The van der Waals surface area contributed by atoms with Crippen molar-refractivity contribution in [3.8, 4) is 11.6 Å². The fourth-order valence-electron chi connectivity index (χ4n) is 1.51. The number of urea groups is 1. The smallest absolute Gasteiger partial charge is 0.312 e. The van der Waals surface area contributed by atoms with E-state index >= 15 is 0 Å². The number of aromatic nitrogens is 3. The van der Waals surface area contributed by atoms with Gasteiger partial charge in [-0.25, -0.2) is 9.78 Å². The fraction of sp³-hybridized carbons (Fsp3) is 0.500. The average Bonchev–Trinajstić information content (AvgIpc) is 2.96. The molecule has 2 rings (SSSR count). The molecular weight excluding hydrogens is 278 g/mol. The number of thiazole rings is 1. The van der Waals surface area contributed by atoms with Crippen LogP contribution in [-0.4, -0.2) is 21.2 Å². The van der Waals surface area contributed by atoms with E-state index in [0.29, 0.717) is 17.4 Å². The molecule has 108 valence electrons. The zero-order valence-electron chi connectivity index (χ0n) is 11.8. The first kappa shape index (κ1) is 14.4. The highest BCUT2D eigenvalue weighted by atomic mass is 32.1. The Morgan fingerprint density at radius 3 is 2.70 bits per heavy atom. The molecule has 0 aliphatic heterocycles. The summed E-state index contributed by atoms with van der Waals surface area (Å²) in [6.45, 7) is 8.00. The third-order valence-corrected chi connectivity index (χ3v) is 3.82. The highest BCUT2D eigenvalue weighted by Crippen LogP contribution is 2.29. The van der Waals surface area contributed by atoms with E-state index in [-0.39, 0.29) is 5.41 Å². The molecule has 8 heteroatoms. The summed E-state index contributed by atoms with van der Waals surface area (Å²) in [7, 11) is 0. The fourth-order valence-corrected chi connectivity index (χ4v) is 2.39. The van der Waals surface area contributed by atoms with Crippen LogP contribution in [0.5, 0.6) is 0 Å². The Kier molecular flexibility index (Phi) is 3.76. The average molecular weight is 295 g/mol. The molecule has 3 N–H and O–H groups in total. The van der Waals surface area contributed by atoms with E-state index < -0.39 is 12.1 Å². The topological polar surface area (TPSA) is 107 Å². The third kappa shape index (κ3) is 3.13. The molecule has 0 spiro atoms. The molecule has 0 radical (unpaired) electrons. The van der Waals surface area contributed by atoms with Crippen molar-refractivity contribution in [2.75, 3.05) is 0 Å². The second-order valence-corrected chi connectivity index (χ2v) is 6.33. The van der Waals surface area contributed by atoms with Crippen LogP contribution in [0.1, 0.15) is 44.6 Å². The Bertz CT molecular complexity index is 613. The van der Waals surface area contributed by atoms with Gasteiger partial charge in [-0.1, -0.05) is 25.9 Å². The minimum Gasteiger partial charge on any atom is -0.352 e. The summed E-state index contributed by atoms with van der Waals surface area (Å²) in [6.07, 6.45) is 0. The number of hydrogen-bond donors (Lipinski definition) is 2. The van der Waals surface area contributed by atoms with Crippen LogP contribution in [0, 0.1) is 0 Å². The van der Waals surface area contributed by atoms with Gasteiger partial charge in [0.25, 0.3) is 5.89 Å². The van der Waals surface area contributed by atoms with Gasteiger partial charge in [0, 0.05) is 10.8 Å². The number of amides is 2. The minimum absolute atomic E-state index is 0.0212. The van der Waals surface area contributed by atoms with Gasteiger partial charge in [-0.3, -0.25) is 0 Å². The van der Waals surface area contributed by atoms with Crippen LogP contribution in [0.25, 0.3) is 11.6 Å². The first-order chi connectivity index (χ1) is 9.27. The Balaban J connectivity index is 2.20. The highest BCUT2D eigenvalue weighted by Gasteiger charge is 2.21. The molecule has 2 amide bonds. The molecule has 1 unspecified atom stereocenters. The van der Waals surface area contributed by atoms with Gasteiger partial charge >= 0.3 is 6.03 Å². The number of primary amides is 1. The van der Waals surface area contributed by atoms with Crippen molar-refractivity contribution in [3.05, 3.63) is 16.2 Å². The highest BCUT2D eigenvalue weighted by molar-refractivity contribution is 7.10. The van der Waals surface area contributed by atoms with Gasteiger partial charge in [0.05, 0.1) is 11.0 Å². The monoisotopic (exact) mass is 295 g/mol. The standard InChI is InChI=1S/C12H17N5O2S/c1-6(14-11(13)18)8-16-9(19-17-8)7-5-20-10(15-7)12(2,3)4/h5-6H,1-4H3,(H3,13,14,18). The van der Waals surface area contributed by atoms with Crippen molar-refractivity contribution in [3.63, 3.8) is 0 Å². The van der Waals surface area contributed by atoms with E-state index in [1.54, 1.807) is 18.3 Å². The molecule has 20 heavy (non-hydrogen) atoms. The number of nitrogens with one attached hydrogen (secondary N) is 1. The number of hydrogen-bond acceptors (Lipinski definition) is 6. The molecule has 7 nitrogen and oxygen atoms in total. The van der Waals surface area contributed by atoms with Crippen LogP contribution < -0.4 is 11.1 Å². The lowest BCUT2D eigenvalue weighted by Gasteiger charge is -2.13. The first-order valence-electron chi connectivity index (χ1n) is 6.13. The maximum Gasteiger partial charge on any atom is 0.312 e. The number of carbonyl (C=O) groups is 1. The number of carbonyl (C=O) groups excluding carboxylic acids is 1. The molecule has 2 aromatic heterocycles. The second kappa shape index (κ2) is 5.20.